The molecule has 0 aliphatic heterocycles. The summed E-state index contributed by atoms with van der Waals surface area (Å²) in [5, 5.41) is 11.5. The van der Waals surface area contributed by atoms with Gasteiger partial charge in [-0.05, 0) is 49.4 Å². The van der Waals surface area contributed by atoms with Gasteiger partial charge in [-0.2, -0.15) is 0 Å². The lowest BCUT2D eigenvalue weighted by atomic mass is 10.1. The number of benzene rings is 2. The van der Waals surface area contributed by atoms with Gasteiger partial charge in [0.05, 0.1) is 0 Å². The number of carbonyl (C=O) groups excluding carboxylic acids is 1. The lowest BCUT2D eigenvalue weighted by Gasteiger charge is -2.07. The number of nitrogens with one attached hydrogen (secondary N) is 1. The molecule has 0 saturated heterocycles. The molecule has 2 aromatic carbocycles. The third-order valence-corrected chi connectivity index (χ3v) is 4.01. The molecule has 0 spiro atoms. The molecule has 0 heterocycles. The van der Waals surface area contributed by atoms with Crippen molar-refractivity contribution in [2.45, 2.75) is 32.6 Å². The zero-order chi connectivity index (χ0) is 18.8. The second-order valence-electron chi connectivity index (χ2n) is 6.27. The maximum atomic E-state index is 11.9. The number of hydrogen-bond donors (Lipinski definition) is 2. The number of carboxylic acid groups (broad SMARTS) is 1. The van der Waals surface area contributed by atoms with E-state index < -0.39 is 5.97 Å². The average molecular weight is 355 g/mol. The highest BCUT2D eigenvalue weighted by atomic mass is 16.5. The molecule has 0 saturated carbocycles. The quantitative estimate of drug-likeness (QED) is 0.686. The standard InChI is InChI=1S/C21H25NO4/c1-16-5-7-17(8-6-16)3-2-4-20(23)22-14-13-18-9-11-19(12-10-18)26-15-21(24)25/h5-12H,2-4,13-15H2,1H3,(H,22,23)(H,24,25). The van der Waals surface area contributed by atoms with E-state index in [4.69, 9.17) is 9.84 Å². The van der Waals surface area contributed by atoms with Crippen molar-refractivity contribution in [1.29, 1.82) is 0 Å². The summed E-state index contributed by atoms with van der Waals surface area (Å²) in [6.07, 6.45) is 2.99. The minimum Gasteiger partial charge on any atom is -0.482 e. The van der Waals surface area contributed by atoms with Crippen LogP contribution in [0.1, 0.15) is 29.5 Å². The van der Waals surface area contributed by atoms with Crippen LogP contribution < -0.4 is 10.1 Å². The molecule has 0 bridgehead atoms. The van der Waals surface area contributed by atoms with Crippen molar-refractivity contribution in [3.05, 3.63) is 65.2 Å². The normalized spacial score (nSPS) is 10.3. The van der Waals surface area contributed by atoms with Crippen LogP contribution in [0.25, 0.3) is 0 Å². The predicted molar refractivity (Wildman–Crippen MR) is 100 cm³/mol. The largest absolute Gasteiger partial charge is 0.482 e. The van der Waals surface area contributed by atoms with Gasteiger partial charge in [-0.15, -0.1) is 0 Å². The first-order chi connectivity index (χ1) is 12.5. The maximum Gasteiger partial charge on any atom is 0.341 e. The molecule has 5 nitrogen and oxygen atoms in total. The Kier molecular flexibility index (Phi) is 7.68. The number of carbonyl (C=O) groups is 2. The highest BCUT2D eigenvalue weighted by molar-refractivity contribution is 5.75. The van der Waals surface area contributed by atoms with Crippen LogP contribution in [0.3, 0.4) is 0 Å². The number of aliphatic carboxylic acids is 1. The number of amides is 1. The van der Waals surface area contributed by atoms with E-state index in [1.807, 2.05) is 12.1 Å². The highest BCUT2D eigenvalue weighted by Gasteiger charge is 2.03. The van der Waals surface area contributed by atoms with Crippen molar-refractivity contribution < 1.29 is 19.4 Å². The second-order valence-corrected chi connectivity index (χ2v) is 6.27. The van der Waals surface area contributed by atoms with Crippen molar-refractivity contribution in [3.8, 4) is 5.75 Å². The fourth-order valence-corrected chi connectivity index (χ4v) is 2.54. The minimum atomic E-state index is -1.00. The van der Waals surface area contributed by atoms with Gasteiger partial charge >= 0.3 is 5.97 Å². The molecule has 0 unspecified atom stereocenters. The van der Waals surface area contributed by atoms with Gasteiger partial charge in [0.1, 0.15) is 5.75 Å². The number of carboxylic acids is 1. The molecular formula is C21H25NO4. The number of aryl methyl sites for hydroxylation is 2. The van der Waals surface area contributed by atoms with E-state index in [2.05, 4.69) is 36.5 Å². The van der Waals surface area contributed by atoms with E-state index in [-0.39, 0.29) is 12.5 Å². The SMILES string of the molecule is Cc1ccc(CCCC(=O)NCCc2ccc(OCC(=O)O)cc2)cc1. The van der Waals surface area contributed by atoms with Crippen LogP contribution in [0.5, 0.6) is 5.75 Å². The third-order valence-electron chi connectivity index (χ3n) is 4.01. The molecule has 2 aromatic rings. The molecule has 5 heteroatoms. The monoisotopic (exact) mass is 355 g/mol. The molecule has 0 aromatic heterocycles. The van der Waals surface area contributed by atoms with Crippen LogP contribution >= 0.6 is 0 Å². The molecule has 2 rings (SSSR count). The van der Waals surface area contributed by atoms with Crippen LogP contribution in [0.15, 0.2) is 48.5 Å². The average Bonchev–Trinajstić information content (AvgIpc) is 2.63. The second kappa shape index (κ2) is 10.2. The van der Waals surface area contributed by atoms with E-state index in [0.29, 0.717) is 18.7 Å². The van der Waals surface area contributed by atoms with Crippen LogP contribution in [-0.2, 0) is 22.4 Å². The Hall–Kier alpha value is -2.82. The molecule has 2 N–H and O–H groups in total. The summed E-state index contributed by atoms with van der Waals surface area (Å²) in [5.41, 5.74) is 3.56. The van der Waals surface area contributed by atoms with Gasteiger partial charge in [0.15, 0.2) is 6.61 Å². The summed E-state index contributed by atoms with van der Waals surface area (Å²) in [7, 11) is 0. The summed E-state index contributed by atoms with van der Waals surface area (Å²) in [4.78, 5) is 22.3. The smallest absolute Gasteiger partial charge is 0.341 e. The van der Waals surface area contributed by atoms with Crippen molar-refractivity contribution in [2.24, 2.45) is 0 Å². The molecule has 138 valence electrons. The lowest BCUT2D eigenvalue weighted by Crippen LogP contribution is -2.25. The molecule has 1 amide bonds. The Morgan fingerprint density at radius 3 is 2.23 bits per heavy atom. The van der Waals surface area contributed by atoms with Crippen molar-refractivity contribution in [1.82, 2.24) is 5.32 Å². The molecule has 0 atom stereocenters. The minimum absolute atomic E-state index is 0.0681. The van der Waals surface area contributed by atoms with Crippen molar-refractivity contribution in [3.63, 3.8) is 0 Å². The predicted octanol–water partition coefficient (Wildman–Crippen LogP) is 3.14. The van der Waals surface area contributed by atoms with Crippen LogP contribution in [0.4, 0.5) is 0 Å². The molecule has 26 heavy (non-hydrogen) atoms. The first-order valence-corrected chi connectivity index (χ1v) is 8.79. The van der Waals surface area contributed by atoms with Crippen LogP contribution in [0.2, 0.25) is 0 Å². The van der Waals surface area contributed by atoms with E-state index in [1.165, 1.54) is 11.1 Å². The fraction of sp³-hybridized carbons (Fsp3) is 0.333. The summed E-state index contributed by atoms with van der Waals surface area (Å²) >= 11 is 0. The Balaban J connectivity index is 1.61. The Morgan fingerprint density at radius 2 is 1.58 bits per heavy atom. The zero-order valence-corrected chi connectivity index (χ0v) is 15.0. The van der Waals surface area contributed by atoms with Gasteiger partial charge in [-0.1, -0.05) is 42.0 Å². The fourth-order valence-electron chi connectivity index (χ4n) is 2.54. The van der Waals surface area contributed by atoms with Crippen molar-refractivity contribution in [2.75, 3.05) is 13.2 Å². The summed E-state index contributed by atoms with van der Waals surface area (Å²) in [6, 6.07) is 15.6. The Labute approximate surface area is 154 Å². The summed E-state index contributed by atoms with van der Waals surface area (Å²) in [6.45, 7) is 2.30. The van der Waals surface area contributed by atoms with E-state index in [0.717, 1.165) is 24.8 Å². The van der Waals surface area contributed by atoms with Crippen LogP contribution in [0, 0.1) is 6.92 Å². The van der Waals surface area contributed by atoms with Gasteiger partial charge in [0, 0.05) is 13.0 Å². The van der Waals surface area contributed by atoms with Gasteiger partial charge in [0.2, 0.25) is 5.91 Å². The number of rotatable bonds is 10. The third kappa shape index (κ3) is 7.38. The number of ether oxygens (including phenoxy) is 1. The lowest BCUT2D eigenvalue weighted by molar-refractivity contribution is -0.139. The Morgan fingerprint density at radius 1 is 0.962 bits per heavy atom. The van der Waals surface area contributed by atoms with E-state index in [9.17, 15) is 9.59 Å². The van der Waals surface area contributed by atoms with Gasteiger partial charge in [-0.3, -0.25) is 4.79 Å². The topological polar surface area (TPSA) is 75.6 Å². The van der Waals surface area contributed by atoms with Gasteiger partial charge < -0.3 is 15.2 Å². The highest BCUT2D eigenvalue weighted by Crippen LogP contribution is 2.12. The van der Waals surface area contributed by atoms with Gasteiger partial charge in [0.25, 0.3) is 0 Å². The Bertz CT molecular complexity index is 708. The van der Waals surface area contributed by atoms with Crippen LogP contribution in [-0.4, -0.2) is 30.1 Å². The molecule has 0 radical (unpaired) electrons. The van der Waals surface area contributed by atoms with E-state index in [1.54, 1.807) is 12.1 Å². The molecule has 0 fully saturated rings. The van der Waals surface area contributed by atoms with Crippen molar-refractivity contribution >= 4 is 11.9 Å². The molecule has 0 aliphatic rings. The molecule has 0 aliphatic carbocycles. The molecular weight excluding hydrogens is 330 g/mol. The first-order valence-electron chi connectivity index (χ1n) is 8.79. The number of hydrogen-bond acceptors (Lipinski definition) is 3. The summed E-state index contributed by atoms with van der Waals surface area (Å²) in [5.74, 6) is -0.408. The maximum absolute atomic E-state index is 11.9. The zero-order valence-electron chi connectivity index (χ0n) is 15.0. The van der Waals surface area contributed by atoms with E-state index >= 15 is 0 Å². The first kappa shape index (κ1) is 19.5. The van der Waals surface area contributed by atoms with Gasteiger partial charge in [-0.25, -0.2) is 4.79 Å². The summed E-state index contributed by atoms with van der Waals surface area (Å²) < 4.78 is 5.08.